The van der Waals surface area contributed by atoms with Gasteiger partial charge in [-0.25, -0.2) is 0 Å². The van der Waals surface area contributed by atoms with E-state index in [-0.39, 0.29) is 18.7 Å². The van der Waals surface area contributed by atoms with Crippen LogP contribution in [-0.4, -0.2) is 41.5 Å². The Morgan fingerprint density at radius 1 is 1.50 bits per heavy atom. The predicted octanol–water partition coefficient (Wildman–Crippen LogP) is 0.0469. The van der Waals surface area contributed by atoms with E-state index in [0.717, 1.165) is 6.42 Å². The van der Waals surface area contributed by atoms with Crippen LogP contribution in [0.3, 0.4) is 0 Å². The standard InChI is InChI=1S/C9H18N2O3/c1-3-6-11(2)9(14)7(10)4-5-8(12)13/h7H,3-6,10H2,1-2H3,(H,12,13). The largest absolute Gasteiger partial charge is 0.481 e. The van der Waals surface area contributed by atoms with Crippen molar-refractivity contribution in [3.63, 3.8) is 0 Å². The highest BCUT2D eigenvalue weighted by Gasteiger charge is 2.17. The molecule has 1 amide bonds. The van der Waals surface area contributed by atoms with E-state index in [2.05, 4.69) is 0 Å². The minimum Gasteiger partial charge on any atom is -0.481 e. The average Bonchev–Trinajstić information content (AvgIpc) is 2.13. The molecule has 0 fully saturated rings. The Bertz CT molecular complexity index is 206. The first-order valence-electron chi connectivity index (χ1n) is 4.71. The molecule has 1 unspecified atom stereocenters. The Hall–Kier alpha value is -1.10. The van der Waals surface area contributed by atoms with Gasteiger partial charge < -0.3 is 15.7 Å². The molecule has 1 atom stereocenters. The minimum atomic E-state index is -0.925. The number of carbonyl (C=O) groups is 2. The van der Waals surface area contributed by atoms with Crippen LogP contribution in [0, 0.1) is 0 Å². The highest BCUT2D eigenvalue weighted by Crippen LogP contribution is 1.99. The Balaban J connectivity index is 3.91. The van der Waals surface area contributed by atoms with E-state index < -0.39 is 12.0 Å². The van der Waals surface area contributed by atoms with Gasteiger partial charge in [-0.15, -0.1) is 0 Å². The molecule has 0 radical (unpaired) electrons. The molecule has 5 nitrogen and oxygen atoms in total. The maximum Gasteiger partial charge on any atom is 0.303 e. The van der Waals surface area contributed by atoms with E-state index >= 15 is 0 Å². The van der Waals surface area contributed by atoms with Gasteiger partial charge in [0, 0.05) is 20.0 Å². The zero-order chi connectivity index (χ0) is 11.1. The van der Waals surface area contributed by atoms with Gasteiger partial charge in [0.1, 0.15) is 0 Å². The number of hydrogen-bond donors (Lipinski definition) is 2. The maximum atomic E-state index is 11.5. The Labute approximate surface area is 83.9 Å². The summed E-state index contributed by atoms with van der Waals surface area (Å²) in [5.74, 6) is -1.11. The highest BCUT2D eigenvalue weighted by molar-refractivity contribution is 5.82. The second kappa shape index (κ2) is 6.37. The van der Waals surface area contributed by atoms with E-state index in [1.807, 2.05) is 6.92 Å². The summed E-state index contributed by atoms with van der Waals surface area (Å²) in [5.41, 5.74) is 5.54. The molecule has 5 heteroatoms. The van der Waals surface area contributed by atoms with Gasteiger partial charge in [-0.3, -0.25) is 9.59 Å². The monoisotopic (exact) mass is 202 g/mol. The fourth-order valence-electron chi connectivity index (χ4n) is 1.13. The van der Waals surface area contributed by atoms with Crippen molar-refractivity contribution in [1.29, 1.82) is 0 Å². The summed E-state index contributed by atoms with van der Waals surface area (Å²) >= 11 is 0. The molecule has 0 rings (SSSR count). The Kier molecular flexibility index (Phi) is 5.87. The van der Waals surface area contributed by atoms with E-state index in [4.69, 9.17) is 10.8 Å². The predicted molar refractivity (Wildman–Crippen MR) is 52.8 cm³/mol. The lowest BCUT2D eigenvalue weighted by molar-refractivity contribution is -0.137. The molecule has 0 saturated heterocycles. The van der Waals surface area contributed by atoms with Gasteiger partial charge in [0.15, 0.2) is 0 Å². The number of carbonyl (C=O) groups excluding carboxylic acids is 1. The zero-order valence-corrected chi connectivity index (χ0v) is 8.69. The van der Waals surface area contributed by atoms with E-state index in [1.54, 1.807) is 7.05 Å². The number of nitrogens with two attached hydrogens (primary N) is 1. The Morgan fingerprint density at radius 3 is 2.50 bits per heavy atom. The molecule has 0 aliphatic carbocycles. The second-order valence-corrected chi connectivity index (χ2v) is 3.30. The van der Waals surface area contributed by atoms with Crippen molar-refractivity contribution in [2.75, 3.05) is 13.6 Å². The summed E-state index contributed by atoms with van der Waals surface area (Å²) in [6.07, 6.45) is 1.00. The number of amides is 1. The summed E-state index contributed by atoms with van der Waals surface area (Å²) in [5, 5.41) is 8.41. The van der Waals surface area contributed by atoms with Crippen LogP contribution >= 0.6 is 0 Å². The number of carboxylic acid groups (broad SMARTS) is 1. The normalized spacial score (nSPS) is 12.2. The molecule has 0 bridgehead atoms. The van der Waals surface area contributed by atoms with E-state index in [0.29, 0.717) is 6.54 Å². The number of aliphatic carboxylic acids is 1. The number of hydrogen-bond acceptors (Lipinski definition) is 3. The van der Waals surface area contributed by atoms with Crippen LogP contribution in [0.25, 0.3) is 0 Å². The summed E-state index contributed by atoms with van der Waals surface area (Å²) in [4.78, 5) is 23.2. The lowest BCUT2D eigenvalue weighted by Crippen LogP contribution is -2.42. The lowest BCUT2D eigenvalue weighted by Gasteiger charge is -2.20. The van der Waals surface area contributed by atoms with Crippen LogP contribution < -0.4 is 5.73 Å². The maximum absolute atomic E-state index is 11.5. The van der Waals surface area contributed by atoms with Crippen molar-refractivity contribution in [2.45, 2.75) is 32.2 Å². The zero-order valence-electron chi connectivity index (χ0n) is 8.69. The molecule has 3 N–H and O–H groups in total. The summed E-state index contributed by atoms with van der Waals surface area (Å²) < 4.78 is 0. The molecule has 0 aliphatic heterocycles. The molecule has 82 valence electrons. The van der Waals surface area contributed by atoms with Gasteiger partial charge in [0.05, 0.1) is 6.04 Å². The Morgan fingerprint density at radius 2 is 2.07 bits per heavy atom. The third kappa shape index (κ3) is 4.81. The first-order valence-corrected chi connectivity index (χ1v) is 4.71. The van der Waals surface area contributed by atoms with Crippen molar-refractivity contribution in [1.82, 2.24) is 4.90 Å². The fraction of sp³-hybridized carbons (Fsp3) is 0.778. The van der Waals surface area contributed by atoms with Gasteiger partial charge in [-0.05, 0) is 12.8 Å². The van der Waals surface area contributed by atoms with Gasteiger partial charge in [0.25, 0.3) is 0 Å². The first kappa shape index (κ1) is 12.9. The molecular weight excluding hydrogens is 184 g/mol. The van der Waals surface area contributed by atoms with Gasteiger partial charge in [-0.1, -0.05) is 6.92 Å². The summed E-state index contributed by atoms with van der Waals surface area (Å²) in [6.45, 7) is 2.62. The van der Waals surface area contributed by atoms with Gasteiger partial charge in [-0.2, -0.15) is 0 Å². The number of rotatable bonds is 6. The second-order valence-electron chi connectivity index (χ2n) is 3.30. The lowest BCUT2D eigenvalue weighted by atomic mass is 10.1. The summed E-state index contributed by atoms with van der Waals surface area (Å²) in [6, 6.07) is -0.692. The van der Waals surface area contributed by atoms with Crippen LogP contribution in [-0.2, 0) is 9.59 Å². The average molecular weight is 202 g/mol. The number of carboxylic acids is 1. The first-order chi connectivity index (χ1) is 6.49. The van der Waals surface area contributed by atoms with Crippen molar-refractivity contribution >= 4 is 11.9 Å². The van der Waals surface area contributed by atoms with Crippen molar-refractivity contribution < 1.29 is 14.7 Å². The molecule has 0 aliphatic rings. The minimum absolute atomic E-state index is 0.0626. The van der Waals surface area contributed by atoms with E-state index in [1.165, 1.54) is 4.90 Å². The van der Waals surface area contributed by atoms with Gasteiger partial charge in [0.2, 0.25) is 5.91 Å². The van der Waals surface area contributed by atoms with Crippen molar-refractivity contribution in [3.8, 4) is 0 Å². The van der Waals surface area contributed by atoms with Crippen LogP contribution in [0.1, 0.15) is 26.2 Å². The molecule has 0 heterocycles. The quantitative estimate of drug-likeness (QED) is 0.637. The van der Waals surface area contributed by atoms with Crippen LogP contribution in [0.15, 0.2) is 0 Å². The van der Waals surface area contributed by atoms with Crippen LogP contribution in [0.4, 0.5) is 0 Å². The van der Waals surface area contributed by atoms with Gasteiger partial charge >= 0.3 is 5.97 Å². The molecule has 0 saturated carbocycles. The number of nitrogens with zero attached hydrogens (tertiary/aromatic N) is 1. The van der Waals surface area contributed by atoms with Crippen molar-refractivity contribution in [3.05, 3.63) is 0 Å². The molecule has 0 spiro atoms. The third-order valence-electron chi connectivity index (χ3n) is 1.92. The molecule has 0 aromatic heterocycles. The molecule has 0 aromatic rings. The fourth-order valence-corrected chi connectivity index (χ4v) is 1.13. The van der Waals surface area contributed by atoms with Crippen molar-refractivity contribution in [2.24, 2.45) is 5.73 Å². The SMILES string of the molecule is CCCN(C)C(=O)C(N)CCC(=O)O. The molecule has 0 aromatic carbocycles. The highest BCUT2D eigenvalue weighted by atomic mass is 16.4. The summed E-state index contributed by atoms with van der Waals surface area (Å²) in [7, 11) is 1.67. The third-order valence-corrected chi connectivity index (χ3v) is 1.92. The molecular formula is C9H18N2O3. The molecule has 14 heavy (non-hydrogen) atoms. The van der Waals surface area contributed by atoms with Crippen LogP contribution in [0.5, 0.6) is 0 Å². The van der Waals surface area contributed by atoms with E-state index in [9.17, 15) is 9.59 Å². The smallest absolute Gasteiger partial charge is 0.303 e. The topological polar surface area (TPSA) is 83.6 Å². The number of likely N-dealkylation sites (N-methyl/N-ethyl adjacent to an activating group) is 1. The van der Waals surface area contributed by atoms with Crippen LogP contribution in [0.2, 0.25) is 0 Å².